The first-order valence-corrected chi connectivity index (χ1v) is 9.93. The van der Waals surface area contributed by atoms with Crippen molar-refractivity contribution in [3.8, 4) is 11.5 Å². The number of rotatable bonds is 3. The summed E-state index contributed by atoms with van der Waals surface area (Å²) in [6.45, 7) is 17.2. The number of aliphatic carboxylic acids is 1. The van der Waals surface area contributed by atoms with E-state index in [9.17, 15) is 20.1 Å². The molecule has 0 saturated heterocycles. The summed E-state index contributed by atoms with van der Waals surface area (Å²) in [6, 6.07) is 7.10. The first-order chi connectivity index (χ1) is 13.0. The van der Waals surface area contributed by atoms with E-state index in [1.807, 2.05) is 41.5 Å². The normalized spacial score (nSPS) is 12.9. The van der Waals surface area contributed by atoms with Gasteiger partial charge < -0.3 is 15.3 Å². The van der Waals surface area contributed by atoms with Gasteiger partial charge in [-0.25, -0.2) is 0 Å². The van der Waals surface area contributed by atoms with E-state index in [1.165, 1.54) is 0 Å². The Hall–Kier alpha value is -2.49. The molecule has 0 fully saturated rings. The largest absolute Gasteiger partial charge is 0.507 e. The van der Waals surface area contributed by atoms with Crippen LogP contribution in [0.1, 0.15) is 81.8 Å². The summed E-state index contributed by atoms with van der Waals surface area (Å²) in [7, 11) is 0. The van der Waals surface area contributed by atoms with E-state index in [4.69, 9.17) is 0 Å². The van der Waals surface area contributed by atoms with Gasteiger partial charge in [-0.2, -0.15) is 0 Å². The lowest BCUT2D eigenvalue weighted by molar-refractivity contribution is -0.141. The van der Waals surface area contributed by atoms with Gasteiger partial charge in [-0.1, -0.05) is 65.8 Å². The summed E-state index contributed by atoms with van der Waals surface area (Å²) in [5.41, 5.74) is 1.91. The number of aryl methyl sites for hydroxylation is 2. The van der Waals surface area contributed by atoms with E-state index in [-0.39, 0.29) is 22.3 Å². The van der Waals surface area contributed by atoms with Crippen LogP contribution in [0.4, 0.5) is 0 Å². The predicted octanol–water partition coefficient (Wildman–Crippen LogP) is 5.70. The van der Waals surface area contributed by atoms with Crippen LogP contribution in [0.3, 0.4) is 0 Å². The average molecular weight is 399 g/mol. The SMILES string of the molecule is Cc1cc(C(C)(C(=O)O)c2cc(C)c(O)c(C(C)(C)C)c2)cc(C(C)(C)C)c1O. The number of benzene rings is 2. The van der Waals surface area contributed by atoms with Crippen LogP contribution in [0, 0.1) is 13.8 Å². The highest BCUT2D eigenvalue weighted by atomic mass is 16.4. The van der Waals surface area contributed by atoms with E-state index in [0.717, 1.165) is 0 Å². The topological polar surface area (TPSA) is 77.8 Å². The molecule has 0 heterocycles. The lowest BCUT2D eigenvalue weighted by Crippen LogP contribution is -2.35. The van der Waals surface area contributed by atoms with Crippen LogP contribution in [0.2, 0.25) is 0 Å². The number of hydrogen-bond acceptors (Lipinski definition) is 3. The highest BCUT2D eigenvalue weighted by Crippen LogP contribution is 2.43. The van der Waals surface area contributed by atoms with Crippen molar-refractivity contribution in [1.29, 1.82) is 0 Å². The number of aromatic hydroxyl groups is 2. The molecule has 4 heteroatoms. The maximum Gasteiger partial charge on any atom is 0.318 e. The number of carboxylic acids is 1. The number of phenols is 2. The fourth-order valence-corrected chi connectivity index (χ4v) is 3.69. The van der Waals surface area contributed by atoms with Crippen LogP contribution >= 0.6 is 0 Å². The van der Waals surface area contributed by atoms with Gasteiger partial charge in [-0.3, -0.25) is 4.79 Å². The van der Waals surface area contributed by atoms with Gasteiger partial charge in [0.15, 0.2) is 0 Å². The van der Waals surface area contributed by atoms with Crippen molar-refractivity contribution >= 4 is 5.97 Å². The van der Waals surface area contributed by atoms with Crippen molar-refractivity contribution in [2.24, 2.45) is 0 Å². The molecule has 2 aromatic carbocycles. The van der Waals surface area contributed by atoms with E-state index in [1.54, 1.807) is 45.0 Å². The predicted molar refractivity (Wildman–Crippen MR) is 117 cm³/mol. The van der Waals surface area contributed by atoms with Crippen LogP contribution in [0.5, 0.6) is 11.5 Å². The summed E-state index contributed by atoms with van der Waals surface area (Å²) in [6.07, 6.45) is 0. The summed E-state index contributed by atoms with van der Waals surface area (Å²) >= 11 is 0. The molecule has 0 aliphatic rings. The Morgan fingerprint density at radius 2 is 1.00 bits per heavy atom. The Morgan fingerprint density at radius 3 is 1.24 bits per heavy atom. The molecule has 158 valence electrons. The van der Waals surface area contributed by atoms with Gasteiger partial charge in [-0.05, 0) is 65.0 Å². The minimum Gasteiger partial charge on any atom is -0.507 e. The molecule has 4 nitrogen and oxygen atoms in total. The molecular weight excluding hydrogens is 364 g/mol. The molecule has 3 N–H and O–H groups in total. The minimum atomic E-state index is -1.34. The molecule has 0 spiro atoms. The van der Waals surface area contributed by atoms with E-state index < -0.39 is 11.4 Å². The Bertz CT molecular complexity index is 887. The third-order valence-corrected chi connectivity index (χ3v) is 5.80. The summed E-state index contributed by atoms with van der Waals surface area (Å²) < 4.78 is 0. The van der Waals surface area contributed by atoms with Gasteiger partial charge in [0.1, 0.15) is 16.9 Å². The second-order valence-corrected chi connectivity index (χ2v) is 10.3. The Labute approximate surface area is 174 Å². The zero-order valence-electron chi connectivity index (χ0n) is 19.1. The standard InChI is InChI=1S/C25H34O4/c1-14-10-16(12-18(20(14)26)23(3,4)5)25(9,22(28)29)17-11-15(2)21(27)19(13-17)24(6,7)8/h10-13,26-27H,1-9H3,(H,28,29). The highest BCUT2D eigenvalue weighted by Gasteiger charge is 2.40. The lowest BCUT2D eigenvalue weighted by atomic mass is 9.71. The number of carboxylic acid groups (broad SMARTS) is 1. The number of carbonyl (C=O) groups is 1. The maximum absolute atomic E-state index is 12.6. The van der Waals surface area contributed by atoms with Crippen LogP contribution in [-0.2, 0) is 21.0 Å². The van der Waals surface area contributed by atoms with E-state index in [2.05, 4.69) is 0 Å². The van der Waals surface area contributed by atoms with Gasteiger partial charge in [0.05, 0.1) is 0 Å². The van der Waals surface area contributed by atoms with Gasteiger partial charge in [0, 0.05) is 0 Å². The maximum atomic E-state index is 12.6. The first kappa shape index (κ1) is 22.8. The molecule has 0 aliphatic carbocycles. The minimum absolute atomic E-state index is 0.200. The third-order valence-electron chi connectivity index (χ3n) is 5.80. The highest BCUT2D eigenvalue weighted by molar-refractivity contribution is 5.86. The molecule has 0 aromatic heterocycles. The molecule has 0 aliphatic heterocycles. The zero-order chi connectivity index (χ0) is 22.5. The lowest BCUT2D eigenvalue weighted by Gasteiger charge is -2.32. The van der Waals surface area contributed by atoms with Crippen LogP contribution in [0.15, 0.2) is 24.3 Å². The van der Waals surface area contributed by atoms with Gasteiger partial charge >= 0.3 is 5.97 Å². The van der Waals surface area contributed by atoms with Crippen LogP contribution in [-0.4, -0.2) is 21.3 Å². The second-order valence-electron chi connectivity index (χ2n) is 10.3. The smallest absolute Gasteiger partial charge is 0.318 e. The van der Waals surface area contributed by atoms with Gasteiger partial charge in [0.2, 0.25) is 0 Å². The molecule has 2 rings (SSSR count). The average Bonchev–Trinajstić information content (AvgIpc) is 2.56. The second kappa shape index (κ2) is 7.08. The molecule has 0 saturated carbocycles. The van der Waals surface area contributed by atoms with Crippen molar-refractivity contribution in [2.75, 3.05) is 0 Å². The quantitative estimate of drug-likeness (QED) is 0.620. The zero-order valence-corrected chi connectivity index (χ0v) is 19.1. The van der Waals surface area contributed by atoms with Gasteiger partial charge in [0.25, 0.3) is 0 Å². The van der Waals surface area contributed by atoms with Crippen LogP contribution < -0.4 is 0 Å². The fourth-order valence-electron chi connectivity index (χ4n) is 3.69. The third kappa shape index (κ3) is 3.98. The molecule has 0 amide bonds. The Morgan fingerprint density at radius 1 is 0.690 bits per heavy atom. The van der Waals surface area contributed by atoms with Crippen LogP contribution in [0.25, 0.3) is 0 Å². The molecular formula is C25H34O4. The Balaban J connectivity index is 2.90. The van der Waals surface area contributed by atoms with E-state index >= 15 is 0 Å². The van der Waals surface area contributed by atoms with Gasteiger partial charge in [-0.15, -0.1) is 0 Å². The van der Waals surface area contributed by atoms with Crippen molar-refractivity contribution < 1.29 is 20.1 Å². The summed E-state index contributed by atoms with van der Waals surface area (Å²) in [4.78, 5) is 12.6. The summed E-state index contributed by atoms with van der Waals surface area (Å²) in [5, 5.41) is 31.5. The molecule has 0 unspecified atom stereocenters. The number of phenolic OH excluding ortho intramolecular Hbond substituents is 2. The van der Waals surface area contributed by atoms with Crippen molar-refractivity contribution in [3.05, 3.63) is 57.6 Å². The van der Waals surface area contributed by atoms with E-state index in [0.29, 0.717) is 33.4 Å². The Kier molecular flexibility index (Phi) is 5.57. The van der Waals surface area contributed by atoms with Crippen molar-refractivity contribution in [1.82, 2.24) is 0 Å². The van der Waals surface area contributed by atoms with Crippen molar-refractivity contribution in [2.45, 2.75) is 78.6 Å². The molecule has 2 aromatic rings. The fraction of sp³-hybridized carbons (Fsp3) is 0.480. The molecule has 0 radical (unpaired) electrons. The molecule has 29 heavy (non-hydrogen) atoms. The first-order valence-electron chi connectivity index (χ1n) is 9.93. The van der Waals surface area contributed by atoms with Crippen molar-refractivity contribution in [3.63, 3.8) is 0 Å². The molecule has 0 atom stereocenters. The number of hydrogen-bond donors (Lipinski definition) is 3. The molecule has 0 bridgehead atoms. The summed E-state index contributed by atoms with van der Waals surface area (Å²) in [5.74, 6) is -0.579. The monoisotopic (exact) mass is 398 g/mol.